The van der Waals surface area contributed by atoms with Crippen molar-refractivity contribution in [1.82, 2.24) is 5.32 Å². The van der Waals surface area contributed by atoms with E-state index in [1.54, 1.807) is 0 Å². The SMILES string of the molecule is CCC(NC)C(c1ccccc1)C(C)C. The second-order valence-corrected chi connectivity index (χ2v) is 4.48. The zero-order valence-corrected chi connectivity index (χ0v) is 10.3. The maximum absolute atomic E-state index is 3.43. The highest BCUT2D eigenvalue weighted by atomic mass is 14.9. The Balaban J connectivity index is 2.92. The van der Waals surface area contributed by atoms with Crippen molar-refractivity contribution in [2.24, 2.45) is 5.92 Å². The lowest BCUT2D eigenvalue weighted by Crippen LogP contribution is -2.34. The average Bonchev–Trinajstić information content (AvgIpc) is 2.26. The van der Waals surface area contributed by atoms with Gasteiger partial charge in [0.25, 0.3) is 0 Å². The summed E-state index contributed by atoms with van der Waals surface area (Å²) in [4.78, 5) is 0. The highest BCUT2D eigenvalue weighted by Gasteiger charge is 2.23. The molecule has 0 saturated carbocycles. The van der Waals surface area contributed by atoms with Crippen molar-refractivity contribution < 1.29 is 0 Å². The fourth-order valence-electron chi connectivity index (χ4n) is 2.39. The summed E-state index contributed by atoms with van der Waals surface area (Å²) >= 11 is 0. The zero-order valence-electron chi connectivity index (χ0n) is 10.3. The van der Waals surface area contributed by atoms with E-state index in [-0.39, 0.29) is 0 Å². The van der Waals surface area contributed by atoms with Crippen molar-refractivity contribution in [2.45, 2.75) is 39.2 Å². The van der Waals surface area contributed by atoms with Crippen LogP contribution in [0, 0.1) is 5.92 Å². The first kappa shape index (κ1) is 12.3. The van der Waals surface area contributed by atoms with E-state index in [1.807, 2.05) is 0 Å². The molecule has 1 nitrogen and oxygen atoms in total. The van der Waals surface area contributed by atoms with Crippen LogP contribution in [0.25, 0.3) is 0 Å². The summed E-state index contributed by atoms with van der Waals surface area (Å²) < 4.78 is 0. The number of nitrogens with one attached hydrogen (secondary N) is 1. The van der Waals surface area contributed by atoms with Gasteiger partial charge in [-0.1, -0.05) is 51.1 Å². The lowest BCUT2D eigenvalue weighted by molar-refractivity contribution is 0.367. The van der Waals surface area contributed by atoms with Crippen molar-refractivity contribution in [3.05, 3.63) is 35.9 Å². The molecule has 0 spiro atoms. The third kappa shape index (κ3) is 3.07. The molecule has 1 aromatic rings. The van der Waals surface area contributed by atoms with E-state index in [4.69, 9.17) is 0 Å². The molecule has 1 rings (SSSR count). The maximum Gasteiger partial charge on any atom is 0.0133 e. The van der Waals surface area contributed by atoms with Crippen molar-refractivity contribution in [3.8, 4) is 0 Å². The number of benzene rings is 1. The van der Waals surface area contributed by atoms with Gasteiger partial charge in [0, 0.05) is 12.0 Å². The number of rotatable bonds is 5. The molecular formula is C14H23N. The predicted molar refractivity (Wildman–Crippen MR) is 67.2 cm³/mol. The molecular weight excluding hydrogens is 182 g/mol. The summed E-state index contributed by atoms with van der Waals surface area (Å²) in [5.41, 5.74) is 1.45. The fraction of sp³-hybridized carbons (Fsp3) is 0.571. The Morgan fingerprint density at radius 2 is 1.73 bits per heavy atom. The lowest BCUT2D eigenvalue weighted by Gasteiger charge is -2.29. The topological polar surface area (TPSA) is 12.0 Å². The average molecular weight is 205 g/mol. The van der Waals surface area contributed by atoms with Gasteiger partial charge >= 0.3 is 0 Å². The molecule has 0 aliphatic rings. The molecule has 0 saturated heterocycles. The Bertz CT molecular complexity index is 262. The Hall–Kier alpha value is -0.820. The Morgan fingerprint density at radius 3 is 2.13 bits per heavy atom. The van der Waals surface area contributed by atoms with Crippen LogP contribution in [0.1, 0.15) is 38.7 Å². The van der Waals surface area contributed by atoms with E-state index in [1.165, 1.54) is 12.0 Å². The van der Waals surface area contributed by atoms with E-state index in [2.05, 4.69) is 63.5 Å². The summed E-state index contributed by atoms with van der Waals surface area (Å²) in [7, 11) is 2.06. The van der Waals surface area contributed by atoms with Crippen LogP contribution in [0.15, 0.2) is 30.3 Å². The molecule has 15 heavy (non-hydrogen) atoms. The van der Waals surface area contributed by atoms with E-state index in [9.17, 15) is 0 Å². The van der Waals surface area contributed by atoms with Crippen LogP contribution in [-0.2, 0) is 0 Å². The minimum Gasteiger partial charge on any atom is -0.316 e. The number of hydrogen-bond acceptors (Lipinski definition) is 1. The second-order valence-electron chi connectivity index (χ2n) is 4.48. The van der Waals surface area contributed by atoms with Gasteiger partial charge in [0.05, 0.1) is 0 Å². The van der Waals surface area contributed by atoms with Crippen molar-refractivity contribution in [2.75, 3.05) is 7.05 Å². The van der Waals surface area contributed by atoms with E-state index in [0.29, 0.717) is 17.9 Å². The van der Waals surface area contributed by atoms with Crippen LogP contribution in [-0.4, -0.2) is 13.1 Å². The molecule has 0 fully saturated rings. The molecule has 1 heteroatoms. The Kier molecular flexibility index (Phi) is 4.83. The highest BCUT2D eigenvalue weighted by molar-refractivity contribution is 5.21. The van der Waals surface area contributed by atoms with Crippen LogP contribution in [0.4, 0.5) is 0 Å². The standard InChI is InChI=1S/C14H23N/c1-5-13(15-4)14(11(2)3)12-9-7-6-8-10-12/h6-11,13-15H,5H2,1-4H3. The third-order valence-corrected chi connectivity index (χ3v) is 3.15. The van der Waals surface area contributed by atoms with Crippen molar-refractivity contribution in [1.29, 1.82) is 0 Å². The highest BCUT2D eigenvalue weighted by Crippen LogP contribution is 2.29. The molecule has 0 radical (unpaired) electrons. The van der Waals surface area contributed by atoms with Crippen LogP contribution >= 0.6 is 0 Å². The quantitative estimate of drug-likeness (QED) is 0.776. The van der Waals surface area contributed by atoms with Crippen LogP contribution in [0.2, 0.25) is 0 Å². The molecule has 1 aromatic carbocycles. The monoisotopic (exact) mass is 205 g/mol. The molecule has 0 amide bonds. The van der Waals surface area contributed by atoms with Gasteiger partial charge in [-0.2, -0.15) is 0 Å². The number of hydrogen-bond donors (Lipinski definition) is 1. The van der Waals surface area contributed by atoms with Gasteiger partial charge in [-0.25, -0.2) is 0 Å². The largest absolute Gasteiger partial charge is 0.316 e. The summed E-state index contributed by atoms with van der Waals surface area (Å²) in [6.45, 7) is 6.86. The molecule has 2 unspecified atom stereocenters. The fourth-order valence-corrected chi connectivity index (χ4v) is 2.39. The van der Waals surface area contributed by atoms with Gasteiger partial charge in [0.15, 0.2) is 0 Å². The van der Waals surface area contributed by atoms with Crippen LogP contribution in [0.5, 0.6) is 0 Å². The molecule has 0 aliphatic heterocycles. The third-order valence-electron chi connectivity index (χ3n) is 3.15. The van der Waals surface area contributed by atoms with Gasteiger partial charge in [0.1, 0.15) is 0 Å². The van der Waals surface area contributed by atoms with E-state index in [0.717, 1.165) is 0 Å². The molecule has 2 atom stereocenters. The van der Waals surface area contributed by atoms with Gasteiger partial charge < -0.3 is 5.32 Å². The van der Waals surface area contributed by atoms with E-state index < -0.39 is 0 Å². The normalized spacial score (nSPS) is 15.3. The molecule has 0 aliphatic carbocycles. The van der Waals surface area contributed by atoms with Gasteiger partial charge in [-0.3, -0.25) is 0 Å². The van der Waals surface area contributed by atoms with E-state index >= 15 is 0 Å². The first-order valence-electron chi connectivity index (χ1n) is 5.92. The molecule has 1 N–H and O–H groups in total. The summed E-state index contributed by atoms with van der Waals surface area (Å²) in [5.74, 6) is 1.28. The maximum atomic E-state index is 3.43. The van der Waals surface area contributed by atoms with Gasteiger partial charge in [-0.05, 0) is 24.9 Å². The first-order chi connectivity index (χ1) is 7.20. The molecule has 84 valence electrons. The zero-order chi connectivity index (χ0) is 11.3. The Labute approximate surface area is 93.9 Å². The van der Waals surface area contributed by atoms with Crippen LogP contribution < -0.4 is 5.32 Å². The first-order valence-corrected chi connectivity index (χ1v) is 5.92. The van der Waals surface area contributed by atoms with Crippen molar-refractivity contribution >= 4 is 0 Å². The summed E-state index contributed by atoms with van der Waals surface area (Å²) in [6.07, 6.45) is 1.17. The summed E-state index contributed by atoms with van der Waals surface area (Å²) in [6, 6.07) is 11.4. The molecule has 0 bridgehead atoms. The van der Waals surface area contributed by atoms with Crippen LogP contribution in [0.3, 0.4) is 0 Å². The smallest absolute Gasteiger partial charge is 0.0133 e. The predicted octanol–water partition coefficient (Wildman–Crippen LogP) is 3.42. The molecule has 0 aromatic heterocycles. The lowest BCUT2D eigenvalue weighted by atomic mass is 9.81. The van der Waals surface area contributed by atoms with Crippen molar-refractivity contribution in [3.63, 3.8) is 0 Å². The minimum absolute atomic E-state index is 0.576. The second kappa shape index (κ2) is 5.92. The molecule has 0 heterocycles. The van der Waals surface area contributed by atoms with Gasteiger partial charge in [0.2, 0.25) is 0 Å². The Morgan fingerprint density at radius 1 is 1.13 bits per heavy atom. The number of likely N-dealkylation sites (N-methyl/N-ethyl adjacent to an activating group) is 1. The summed E-state index contributed by atoms with van der Waals surface area (Å²) in [5, 5.41) is 3.43. The van der Waals surface area contributed by atoms with Gasteiger partial charge in [-0.15, -0.1) is 0 Å². The minimum atomic E-state index is 0.576.